The van der Waals surface area contributed by atoms with Crippen LogP contribution in [-0.4, -0.2) is 45.6 Å². The Bertz CT molecular complexity index is 1140. The van der Waals surface area contributed by atoms with Crippen LogP contribution in [0.15, 0.2) is 41.8 Å². The van der Waals surface area contributed by atoms with Gasteiger partial charge >= 0.3 is 6.09 Å². The fourth-order valence-corrected chi connectivity index (χ4v) is 4.69. The van der Waals surface area contributed by atoms with Gasteiger partial charge in [0.15, 0.2) is 0 Å². The van der Waals surface area contributed by atoms with Crippen LogP contribution in [0.5, 0.6) is 0 Å². The Balaban J connectivity index is 1.30. The number of piperidine rings is 1. The van der Waals surface area contributed by atoms with E-state index >= 15 is 0 Å². The van der Waals surface area contributed by atoms with E-state index in [0.29, 0.717) is 30.5 Å². The molecule has 0 aliphatic carbocycles. The number of nitrogens with one attached hydrogen (secondary N) is 2. The number of ether oxygens (including phenoxy) is 1. The van der Waals surface area contributed by atoms with Gasteiger partial charge in [-0.25, -0.2) is 14.8 Å². The second-order valence-electron chi connectivity index (χ2n) is 9.23. The molecule has 0 saturated carbocycles. The Morgan fingerprint density at radius 1 is 1.18 bits per heavy atom. The highest BCUT2D eigenvalue weighted by molar-refractivity contribution is 7.09. The topological polar surface area (TPSA) is 96.5 Å². The zero-order valence-electron chi connectivity index (χ0n) is 19.1. The van der Waals surface area contributed by atoms with Crippen LogP contribution in [0.4, 0.5) is 10.6 Å². The molecular weight excluding hydrogens is 438 g/mol. The van der Waals surface area contributed by atoms with Crippen molar-refractivity contribution in [3.8, 4) is 0 Å². The van der Waals surface area contributed by atoms with Crippen molar-refractivity contribution in [3.05, 3.63) is 52.5 Å². The third-order valence-corrected chi connectivity index (χ3v) is 6.19. The molecule has 1 unspecified atom stereocenters. The number of likely N-dealkylation sites (tertiary alicyclic amines) is 1. The summed E-state index contributed by atoms with van der Waals surface area (Å²) < 4.78 is 5.51. The maximum Gasteiger partial charge on any atom is 0.410 e. The predicted molar refractivity (Wildman–Crippen MR) is 129 cm³/mol. The van der Waals surface area contributed by atoms with Gasteiger partial charge in [0, 0.05) is 30.3 Å². The van der Waals surface area contributed by atoms with Crippen molar-refractivity contribution in [2.75, 3.05) is 18.5 Å². The molecule has 0 spiro atoms. The maximum absolute atomic E-state index is 12.5. The summed E-state index contributed by atoms with van der Waals surface area (Å²) in [5.41, 5.74) is 6.23. The highest BCUT2D eigenvalue weighted by Gasteiger charge is 2.28. The number of hydrogen-bond donors (Lipinski definition) is 2. The molecule has 1 saturated heterocycles. The molecule has 3 aromatic rings. The third-order valence-electron chi connectivity index (χ3n) is 5.32. The number of para-hydroxylation sites is 1. The normalized spacial score (nSPS) is 16.5. The van der Waals surface area contributed by atoms with Crippen molar-refractivity contribution in [2.24, 2.45) is 5.92 Å². The Kier molecular flexibility index (Phi) is 6.78. The minimum absolute atomic E-state index is 0.264. The zero-order valence-corrected chi connectivity index (χ0v) is 19.9. The van der Waals surface area contributed by atoms with Crippen LogP contribution in [-0.2, 0) is 11.2 Å². The molecule has 2 N–H and O–H groups in total. The number of aromatic nitrogens is 2. The Morgan fingerprint density at radius 2 is 2.00 bits per heavy atom. The summed E-state index contributed by atoms with van der Waals surface area (Å²) in [4.78, 5) is 35.7. The lowest BCUT2D eigenvalue weighted by Crippen LogP contribution is -2.43. The maximum atomic E-state index is 12.5. The monoisotopic (exact) mass is 467 g/mol. The van der Waals surface area contributed by atoms with Crippen LogP contribution in [0.1, 0.15) is 49.1 Å². The molecule has 4 rings (SSSR count). The summed E-state index contributed by atoms with van der Waals surface area (Å²) in [7, 11) is 0. The molecule has 0 radical (unpaired) electrons. The first-order valence-electron chi connectivity index (χ1n) is 11.1. The number of thiazole rings is 1. The minimum Gasteiger partial charge on any atom is -0.444 e. The molecule has 1 aromatic carbocycles. The largest absolute Gasteiger partial charge is 0.444 e. The molecule has 2 aromatic heterocycles. The van der Waals surface area contributed by atoms with Gasteiger partial charge in [0.25, 0.3) is 5.91 Å². The standard InChI is InChI=1S/C24H29N5O3S/c1-24(2,3)32-23(31)29-12-6-7-16(14-29)13-21-26-19(15-33-21)22(30)28-27-20-11-10-17-8-4-5-9-18(17)25-20/h4-5,8-11,15-16H,6-7,12-14H2,1-3H3,(H,25,27)(H,28,30). The SMILES string of the molecule is CC(C)(C)OC(=O)N1CCCC(Cc2nc(C(=O)NNc3ccc4ccccc4n3)cs2)C1. The molecule has 3 heterocycles. The van der Waals surface area contributed by atoms with Crippen molar-refractivity contribution < 1.29 is 14.3 Å². The number of pyridine rings is 1. The van der Waals surface area contributed by atoms with E-state index in [2.05, 4.69) is 20.8 Å². The number of nitrogens with zero attached hydrogens (tertiary/aromatic N) is 3. The second-order valence-corrected chi connectivity index (χ2v) is 10.2. The molecule has 8 nitrogen and oxygen atoms in total. The van der Waals surface area contributed by atoms with Crippen LogP contribution in [0.3, 0.4) is 0 Å². The third kappa shape index (κ3) is 6.19. The number of benzene rings is 1. The number of fused-ring (bicyclic) bond motifs is 1. The molecule has 1 aliphatic heterocycles. The van der Waals surface area contributed by atoms with E-state index in [1.165, 1.54) is 11.3 Å². The van der Waals surface area contributed by atoms with Gasteiger partial charge in [0.1, 0.15) is 17.1 Å². The lowest BCUT2D eigenvalue weighted by molar-refractivity contribution is 0.0166. The Hall–Kier alpha value is -3.20. The van der Waals surface area contributed by atoms with Gasteiger partial charge < -0.3 is 9.64 Å². The van der Waals surface area contributed by atoms with Crippen LogP contribution >= 0.6 is 11.3 Å². The molecule has 1 atom stereocenters. The minimum atomic E-state index is -0.502. The molecule has 9 heteroatoms. The lowest BCUT2D eigenvalue weighted by atomic mass is 9.95. The highest BCUT2D eigenvalue weighted by atomic mass is 32.1. The Morgan fingerprint density at radius 3 is 2.82 bits per heavy atom. The smallest absolute Gasteiger partial charge is 0.410 e. The predicted octanol–water partition coefficient (Wildman–Crippen LogP) is 4.64. The van der Waals surface area contributed by atoms with Gasteiger partial charge in [-0.1, -0.05) is 18.2 Å². The van der Waals surface area contributed by atoms with Gasteiger partial charge in [-0.3, -0.25) is 15.6 Å². The van der Waals surface area contributed by atoms with Crippen molar-refractivity contribution in [1.29, 1.82) is 0 Å². The van der Waals surface area contributed by atoms with Gasteiger partial charge in [-0.15, -0.1) is 11.3 Å². The quantitative estimate of drug-likeness (QED) is 0.531. The number of amides is 2. The van der Waals surface area contributed by atoms with Crippen LogP contribution in [0, 0.1) is 5.92 Å². The molecule has 1 fully saturated rings. The average Bonchev–Trinajstić information content (AvgIpc) is 3.25. The number of carbonyl (C=O) groups is 2. The fraction of sp³-hybridized carbons (Fsp3) is 0.417. The summed E-state index contributed by atoms with van der Waals surface area (Å²) >= 11 is 1.46. The number of carbonyl (C=O) groups excluding carboxylic acids is 2. The molecular formula is C24H29N5O3S. The van der Waals surface area contributed by atoms with E-state index in [4.69, 9.17) is 4.74 Å². The fourth-order valence-electron chi connectivity index (χ4n) is 3.80. The number of anilines is 1. The molecule has 0 bridgehead atoms. The zero-order chi connectivity index (χ0) is 23.4. The summed E-state index contributed by atoms with van der Waals surface area (Å²) in [6.07, 6.45) is 2.43. The number of rotatable bonds is 5. The first-order chi connectivity index (χ1) is 15.8. The number of hydrazine groups is 1. The molecule has 1 aliphatic rings. The van der Waals surface area contributed by atoms with E-state index in [1.54, 1.807) is 10.3 Å². The van der Waals surface area contributed by atoms with Gasteiger partial charge in [0.05, 0.1) is 10.5 Å². The molecule has 2 amide bonds. The van der Waals surface area contributed by atoms with E-state index in [9.17, 15) is 9.59 Å². The van der Waals surface area contributed by atoms with Crippen molar-refractivity contribution >= 4 is 40.1 Å². The molecule has 174 valence electrons. The van der Waals surface area contributed by atoms with Gasteiger partial charge in [0.2, 0.25) is 0 Å². The summed E-state index contributed by atoms with van der Waals surface area (Å²) in [5, 5.41) is 3.68. The molecule has 33 heavy (non-hydrogen) atoms. The van der Waals surface area contributed by atoms with Gasteiger partial charge in [-0.2, -0.15) is 0 Å². The van der Waals surface area contributed by atoms with Crippen LogP contribution in [0.25, 0.3) is 10.9 Å². The van der Waals surface area contributed by atoms with E-state index in [1.807, 2.05) is 57.2 Å². The first-order valence-corrected chi connectivity index (χ1v) is 12.0. The summed E-state index contributed by atoms with van der Waals surface area (Å²) in [6, 6.07) is 11.6. The van der Waals surface area contributed by atoms with E-state index in [-0.39, 0.29) is 12.0 Å². The second kappa shape index (κ2) is 9.74. The summed E-state index contributed by atoms with van der Waals surface area (Å²) in [5.74, 6) is 0.543. The van der Waals surface area contributed by atoms with Crippen molar-refractivity contribution in [2.45, 2.75) is 45.6 Å². The first kappa shape index (κ1) is 23.0. The van der Waals surface area contributed by atoms with E-state index in [0.717, 1.165) is 35.2 Å². The van der Waals surface area contributed by atoms with Crippen molar-refractivity contribution in [3.63, 3.8) is 0 Å². The van der Waals surface area contributed by atoms with Crippen LogP contribution < -0.4 is 10.9 Å². The number of hydrogen-bond acceptors (Lipinski definition) is 7. The van der Waals surface area contributed by atoms with E-state index < -0.39 is 5.60 Å². The van der Waals surface area contributed by atoms with Crippen molar-refractivity contribution in [1.82, 2.24) is 20.3 Å². The van der Waals surface area contributed by atoms with Crippen LogP contribution in [0.2, 0.25) is 0 Å². The highest BCUT2D eigenvalue weighted by Crippen LogP contribution is 2.24. The Labute approximate surface area is 197 Å². The lowest BCUT2D eigenvalue weighted by Gasteiger charge is -2.33. The summed E-state index contributed by atoms with van der Waals surface area (Å²) in [6.45, 7) is 6.98. The average molecular weight is 468 g/mol. The van der Waals surface area contributed by atoms with Gasteiger partial charge in [-0.05, 0) is 57.7 Å².